The van der Waals surface area contributed by atoms with Crippen molar-refractivity contribution in [2.45, 2.75) is 0 Å². The van der Waals surface area contributed by atoms with E-state index in [4.69, 9.17) is 0 Å². The number of carboxylic acid groups (broad SMARTS) is 1. The molecule has 1 rings (SSSR count). The van der Waals surface area contributed by atoms with Crippen LogP contribution in [0.4, 0.5) is 5.69 Å². The van der Waals surface area contributed by atoms with Gasteiger partial charge in [0.25, 0.3) is 0 Å². The number of benzene rings is 1. The van der Waals surface area contributed by atoms with Crippen molar-refractivity contribution < 1.29 is 18.9 Å². The Labute approximate surface area is 109 Å². The molecule has 92 valence electrons. The molecule has 0 fully saturated rings. The number of amides is 1. The van der Waals surface area contributed by atoms with Crippen LogP contribution >= 0.6 is 15.9 Å². The van der Waals surface area contributed by atoms with Crippen LogP contribution in [0.25, 0.3) is 0 Å². The number of hydrogen-bond acceptors (Lipinski definition) is 4. The van der Waals surface area contributed by atoms with Crippen LogP contribution < -0.4 is 10.4 Å². The fraction of sp³-hybridized carbons (Fsp3) is 0.200. The molecule has 7 heteroatoms. The van der Waals surface area contributed by atoms with Crippen LogP contribution in [0.15, 0.2) is 28.7 Å². The van der Waals surface area contributed by atoms with E-state index in [2.05, 4.69) is 21.2 Å². The van der Waals surface area contributed by atoms with Gasteiger partial charge in [-0.2, -0.15) is 0 Å². The van der Waals surface area contributed by atoms with Crippen molar-refractivity contribution in [3.63, 3.8) is 0 Å². The maximum atomic E-state index is 11.4. The Bertz CT molecular complexity index is 446. The number of rotatable bonds is 5. The Hall–Kier alpha value is -1.21. The summed E-state index contributed by atoms with van der Waals surface area (Å²) in [5.41, 5.74) is 0.559. The molecule has 1 aromatic rings. The molecule has 5 nitrogen and oxygen atoms in total. The predicted molar refractivity (Wildman–Crippen MR) is 65.7 cm³/mol. The number of halogens is 1. The van der Waals surface area contributed by atoms with Gasteiger partial charge in [-0.1, -0.05) is 15.9 Å². The van der Waals surface area contributed by atoms with Crippen LogP contribution in [0.3, 0.4) is 0 Å². The second-order valence-electron chi connectivity index (χ2n) is 3.16. The maximum Gasteiger partial charge on any atom is 0.237 e. The summed E-state index contributed by atoms with van der Waals surface area (Å²) < 4.78 is 12.0. The fourth-order valence-corrected chi connectivity index (χ4v) is 2.05. The normalized spacial score (nSPS) is 11.8. The lowest BCUT2D eigenvalue weighted by atomic mass is 10.3. The van der Waals surface area contributed by atoms with Gasteiger partial charge >= 0.3 is 0 Å². The van der Waals surface area contributed by atoms with Crippen LogP contribution in [0.5, 0.6) is 0 Å². The Morgan fingerprint density at radius 3 is 2.35 bits per heavy atom. The minimum Gasteiger partial charge on any atom is -0.549 e. The number of nitrogens with one attached hydrogen (secondary N) is 1. The molecule has 0 aliphatic heterocycles. The molecule has 0 spiro atoms. The second-order valence-corrected chi connectivity index (χ2v) is 5.53. The molecule has 0 unspecified atom stereocenters. The van der Waals surface area contributed by atoms with Gasteiger partial charge in [0.05, 0.1) is 11.7 Å². The van der Waals surface area contributed by atoms with Crippen LogP contribution in [-0.2, 0) is 20.4 Å². The summed E-state index contributed by atoms with van der Waals surface area (Å²) in [7, 11) is -1.74. The summed E-state index contributed by atoms with van der Waals surface area (Å²) >= 11 is 3.25. The van der Waals surface area contributed by atoms with Crippen LogP contribution in [0, 0.1) is 0 Å². The summed E-state index contributed by atoms with van der Waals surface area (Å²) in [5, 5.41) is 12.7. The first kappa shape index (κ1) is 13.9. The largest absolute Gasteiger partial charge is 0.549 e. The molecule has 0 radical (unpaired) electrons. The summed E-state index contributed by atoms with van der Waals surface area (Å²) in [6, 6.07) is 6.83. The lowest BCUT2D eigenvalue weighted by molar-refractivity contribution is -0.301. The fourth-order valence-electron chi connectivity index (χ4n) is 1.06. The molecule has 1 amide bonds. The van der Waals surface area contributed by atoms with E-state index in [0.717, 1.165) is 4.47 Å². The first-order chi connectivity index (χ1) is 7.97. The summed E-state index contributed by atoms with van der Waals surface area (Å²) in [5.74, 6) is -2.91. The van der Waals surface area contributed by atoms with Crippen LogP contribution in [0.1, 0.15) is 0 Å². The second kappa shape index (κ2) is 6.51. The van der Waals surface area contributed by atoms with Crippen molar-refractivity contribution in [3.05, 3.63) is 28.7 Å². The number of carbonyl (C=O) groups excluding carboxylic acids is 2. The van der Waals surface area contributed by atoms with Crippen molar-refractivity contribution in [1.82, 2.24) is 0 Å². The van der Waals surface area contributed by atoms with E-state index < -0.39 is 28.4 Å². The van der Waals surface area contributed by atoms with E-state index in [0.29, 0.717) is 5.69 Å². The molecule has 0 heterocycles. The predicted octanol–water partition coefficient (Wildman–Crippen LogP) is -0.114. The van der Waals surface area contributed by atoms with E-state index in [-0.39, 0.29) is 5.75 Å². The van der Waals surface area contributed by atoms with Gasteiger partial charge < -0.3 is 15.2 Å². The van der Waals surface area contributed by atoms with E-state index >= 15 is 0 Å². The summed E-state index contributed by atoms with van der Waals surface area (Å²) in [6.45, 7) is 0. The Morgan fingerprint density at radius 1 is 1.24 bits per heavy atom. The monoisotopic (exact) mass is 318 g/mol. The minimum absolute atomic E-state index is 0.357. The van der Waals surface area contributed by atoms with Gasteiger partial charge in [-0.3, -0.25) is 9.00 Å². The van der Waals surface area contributed by atoms with Crippen molar-refractivity contribution in [2.24, 2.45) is 0 Å². The number of hydrogen-bond donors (Lipinski definition) is 1. The zero-order chi connectivity index (χ0) is 12.8. The molecule has 0 aromatic heterocycles. The van der Waals surface area contributed by atoms with Crippen molar-refractivity contribution in [2.75, 3.05) is 16.8 Å². The van der Waals surface area contributed by atoms with Crippen LogP contribution in [0.2, 0.25) is 0 Å². The first-order valence-corrected chi connectivity index (χ1v) is 6.85. The molecule has 1 aromatic carbocycles. The first-order valence-electron chi connectivity index (χ1n) is 4.57. The average Bonchev–Trinajstić information content (AvgIpc) is 2.19. The molecule has 0 aliphatic carbocycles. The average molecular weight is 319 g/mol. The van der Waals surface area contributed by atoms with E-state index in [1.54, 1.807) is 24.3 Å². The number of aliphatic carboxylic acids is 1. The van der Waals surface area contributed by atoms with E-state index in [1.165, 1.54) is 0 Å². The van der Waals surface area contributed by atoms with Gasteiger partial charge in [0.2, 0.25) is 5.91 Å². The number of carboxylic acids is 1. The molecular weight excluding hydrogens is 310 g/mol. The number of anilines is 1. The lowest BCUT2D eigenvalue weighted by Gasteiger charge is -2.05. The third-order valence-electron chi connectivity index (χ3n) is 1.70. The Kier molecular flexibility index (Phi) is 5.30. The zero-order valence-corrected chi connectivity index (χ0v) is 11.0. The smallest absolute Gasteiger partial charge is 0.237 e. The van der Waals surface area contributed by atoms with E-state index in [1.807, 2.05) is 0 Å². The standard InChI is InChI=1S/C10H10BrNO4S/c11-7-1-3-8(4-2-7)12-9(13)5-17(16)6-10(14)15/h1-4H,5-6H2,(H,12,13)(H,14,15)/p-1/t17-/m0/s1. The summed E-state index contributed by atoms with van der Waals surface area (Å²) in [4.78, 5) is 21.5. The van der Waals surface area contributed by atoms with Gasteiger partial charge in [-0.05, 0) is 24.3 Å². The van der Waals surface area contributed by atoms with Crippen molar-refractivity contribution in [1.29, 1.82) is 0 Å². The molecule has 17 heavy (non-hydrogen) atoms. The molecule has 1 N–H and O–H groups in total. The van der Waals surface area contributed by atoms with Gasteiger partial charge in [-0.15, -0.1) is 0 Å². The lowest BCUT2D eigenvalue weighted by Crippen LogP contribution is -2.31. The SMILES string of the molecule is O=C([O-])C[S@@](=O)CC(=O)Nc1ccc(Br)cc1. The maximum absolute atomic E-state index is 11.4. The molecule has 0 saturated heterocycles. The molecule has 0 aliphatic rings. The highest BCUT2D eigenvalue weighted by Crippen LogP contribution is 2.13. The topological polar surface area (TPSA) is 86.3 Å². The Balaban J connectivity index is 2.47. The zero-order valence-electron chi connectivity index (χ0n) is 8.64. The molecule has 1 atom stereocenters. The number of carbonyl (C=O) groups is 2. The highest BCUT2D eigenvalue weighted by atomic mass is 79.9. The van der Waals surface area contributed by atoms with Gasteiger partial charge in [0.15, 0.2) is 0 Å². The highest BCUT2D eigenvalue weighted by molar-refractivity contribution is 9.10. The Morgan fingerprint density at radius 2 is 1.82 bits per heavy atom. The third-order valence-corrected chi connectivity index (χ3v) is 3.37. The molecule has 0 bridgehead atoms. The highest BCUT2D eigenvalue weighted by Gasteiger charge is 2.08. The molecule has 0 saturated carbocycles. The van der Waals surface area contributed by atoms with Gasteiger partial charge in [0.1, 0.15) is 5.75 Å². The van der Waals surface area contributed by atoms with Crippen molar-refractivity contribution in [3.8, 4) is 0 Å². The van der Waals surface area contributed by atoms with Gasteiger partial charge in [-0.25, -0.2) is 0 Å². The van der Waals surface area contributed by atoms with E-state index in [9.17, 15) is 18.9 Å². The van der Waals surface area contributed by atoms with Crippen LogP contribution in [-0.4, -0.2) is 27.6 Å². The van der Waals surface area contributed by atoms with Crippen molar-refractivity contribution >= 4 is 44.3 Å². The quantitative estimate of drug-likeness (QED) is 0.820. The van der Waals surface area contributed by atoms with Gasteiger partial charge in [0, 0.05) is 21.0 Å². The summed E-state index contributed by atoms with van der Waals surface area (Å²) in [6.07, 6.45) is 0. The minimum atomic E-state index is -1.74. The molecular formula is C10H9BrNO4S-. The third kappa shape index (κ3) is 5.60.